The van der Waals surface area contributed by atoms with Gasteiger partial charge >= 0.3 is 0 Å². The van der Waals surface area contributed by atoms with Crippen molar-refractivity contribution in [2.45, 2.75) is 51.2 Å². The van der Waals surface area contributed by atoms with E-state index in [0.717, 1.165) is 43.7 Å². The highest BCUT2D eigenvalue weighted by molar-refractivity contribution is 5.44. The molecule has 2 N–H and O–H groups in total. The Kier molecular flexibility index (Phi) is 4.57. The van der Waals surface area contributed by atoms with Crippen molar-refractivity contribution in [1.82, 2.24) is 20.2 Å². The number of hydrogen-bond donors (Lipinski definition) is 2. The number of anilines is 2. The molecule has 0 radical (unpaired) electrons. The van der Waals surface area contributed by atoms with Crippen molar-refractivity contribution in [2.24, 2.45) is 0 Å². The van der Waals surface area contributed by atoms with Crippen LogP contribution in [0.15, 0.2) is 12.3 Å². The van der Waals surface area contributed by atoms with Gasteiger partial charge in [-0.3, -0.25) is 5.10 Å². The number of nitrogens with one attached hydrogen (secondary N) is 1. The quantitative estimate of drug-likeness (QED) is 0.880. The van der Waals surface area contributed by atoms with Crippen molar-refractivity contribution in [3.8, 4) is 0 Å². The Morgan fingerprint density at radius 2 is 2.20 bits per heavy atom. The second-order valence-corrected chi connectivity index (χ2v) is 7.15. The summed E-state index contributed by atoms with van der Waals surface area (Å²) in [6, 6.07) is 1.92. The molecule has 1 aliphatic heterocycles. The molecule has 3 heterocycles. The van der Waals surface area contributed by atoms with Gasteiger partial charge in [-0.15, -0.1) is 0 Å². The normalized spacial score (nSPS) is 20.4. The third kappa shape index (κ3) is 3.46. The molecule has 134 valence electrons. The van der Waals surface area contributed by atoms with Gasteiger partial charge in [-0.1, -0.05) is 0 Å². The number of hydrogen-bond acceptors (Lipinski definition) is 6. The molecule has 1 fully saturated rings. The fourth-order valence-electron chi connectivity index (χ4n) is 3.84. The van der Waals surface area contributed by atoms with Crippen LogP contribution in [0.5, 0.6) is 0 Å². The summed E-state index contributed by atoms with van der Waals surface area (Å²) in [7, 11) is 2.01. The Labute approximate surface area is 148 Å². The molecule has 2 aromatic rings. The predicted octanol–water partition coefficient (Wildman–Crippen LogP) is 1.68. The fraction of sp³-hybridized carbons (Fsp3) is 0.611. The average Bonchev–Trinajstić information content (AvgIpc) is 3.05. The van der Waals surface area contributed by atoms with E-state index in [1.165, 1.54) is 24.1 Å². The Balaban J connectivity index is 1.49. The van der Waals surface area contributed by atoms with Gasteiger partial charge in [-0.25, -0.2) is 4.98 Å². The SMILES string of the molecule is CN(Cc1n[nH]c2c1CCCC2)c1nccc(N2CCCC(O)C2)n1. The van der Waals surface area contributed by atoms with Crippen molar-refractivity contribution in [1.29, 1.82) is 0 Å². The Morgan fingerprint density at radius 1 is 1.32 bits per heavy atom. The zero-order chi connectivity index (χ0) is 17.2. The highest BCUT2D eigenvalue weighted by Gasteiger charge is 2.21. The van der Waals surface area contributed by atoms with Gasteiger partial charge in [0.2, 0.25) is 5.95 Å². The first-order valence-corrected chi connectivity index (χ1v) is 9.23. The maximum atomic E-state index is 9.90. The van der Waals surface area contributed by atoms with Gasteiger partial charge in [-0.2, -0.15) is 10.1 Å². The van der Waals surface area contributed by atoms with Crippen LogP contribution < -0.4 is 9.80 Å². The number of aromatic nitrogens is 4. The summed E-state index contributed by atoms with van der Waals surface area (Å²) >= 11 is 0. The first-order valence-electron chi connectivity index (χ1n) is 9.23. The summed E-state index contributed by atoms with van der Waals surface area (Å²) < 4.78 is 0. The van der Waals surface area contributed by atoms with E-state index in [2.05, 4.69) is 25.0 Å². The number of aliphatic hydroxyl groups is 1. The van der Waals surface area contributed by atoms with E-state index in [9.17, 15) is 5.11 Å². The van der Waals surface area contributed by atoms with Crippen molar-refractivity contribution in [3.63, 3.8) is 0 Å². The highest BCUT2D eigenvalue weighted by Crippen LogP contribution is 2.24. The molecule has 1 atom stereocenters. The van der Waals surface area contributed by atoms with Crippen molar-refractivity contribution in [2.75, 3.05) is 29.9 Å². The van der Waals surface area contributed by atoms with Gasteiger partial charge in [0.1, 0.15) is 5.82 Å². The maximum Gasteiger partial charge on any atom is 0.227 e. The third-order valence-corrected chi connectivity index (χ3v) is 5.22. The lowest BCUT2D eigenvalue weighted by atomic mass is 9.96. The van der Waals surface area contributed by atoms with Crippen LogP contribution in [-0.4, -0.2) is 51.5 Å². The monoisotopic (exact) mass is 342 g/mol. The standard InChI is InChI=1S/C18H26N6O/c1-23(12-16-14-6-2-3-7-15(14)21-22-16)18-19-9-8-17(20-18)24-10-4-5-13(25)11-24/h8-9,13,25H,2-7,10-12H2,1H3,(H,21,22). The number of H-pyrrole nitrogens is 1. The summed E-state index contributed by atoms with van der Waals surface area (Å²) in [4.78, 5) is 13.3. The first-order chi connectivity index (χ1) is 12.2. The third-order valence-electron chi connectivity index (χ3n) is 5.22. The number of rotatable bonds is 4. The zero-order valence-electron chi connectivity index (χ0n) is 14.8. The molecular weight excluding hydrogens is 316 g/mol. The summed E-state index contributed by atoms with van der Waals surface area (Å²) in [5, 5.41) is 17.6. The van der Waals surface area contributed by atoms with Crippen LogP contribution in [0.4, 0.5) is 11.8 Å². The molecule has 0 aromatic carbocycles. The zero-order valence-corrected chi connectivity index (χ0v) is 14.8. The van der Waals surface area contributed by atoms with Crippen LogP contribution in [0.2, 0.25) is 0 Å². The van der Waals surface area contributed by atoms with Crippen LogP contribution in [0, 0.1) is 0 Å². The van der Waals surface area contributed by atoms with E-state index in [1.54, 1.807) is 6.20 Å². The molecule has 4 rings (SSSR count). The van der Waals surface area contributed by atoms with Gasteiger partial charge in [0.15, 0.2) is 0 Å². The van der Waals surface area contributed by atoms with Gasteiger partial charge in [-0.05, 0) is 50.2 Å². The molecule has 0 bridgehead atoms. The minimum atomic E-state index is -0.263. The fourth-order valence-corrected chi connectivity index (χ4v) is 3.84. The number of fused-ring (bicyclic) bond motifs is 1. The molecule has 1 unspecified atom stereocenters. The topological polar surface area (TPSA) is 81.2 Å². The molecular formula is C18H26N6O. The number of aromatic amines is 1. The second-order valence-electron chi connectivity index (χ2n) is 7.15. The second kappa shape index (κ2) is 7.00. The smallest absolute Gasteiger partial charge is 0.227 e. The lowest BCUT2D eigenvalue weighted by molar-refractivity contribution is 0.154. The van der Waals surface area contributed by atoms with E-state index < -0.39 is 0 Å². The molecule has 0 spiro atoms. The Hall–Kier alpha value is -2.15. The Morgan fingerprint density at radius 3 is 3.08 bits per heavy atom. The number of nitrogens with zero attached hydrogens (tertiary/aromatic N) is 5. The van der Waals surface area contributed by atoms with Crippen molar-refractivity contribution >= 4 is 11.8 Å². The largest absolute Gasteiger partial charge is 0.391 e. The summed E-state index contributed by atoms with van der Waals surface area (Å²) in [5.41, 5.74) is 3.79. The van der Waals surface area contributed by atoms with E-state index in [-0.39, 0.29) is 6.10 Å². The van der Waals surface area contributed by atoms with Crippen LogP contribution in [-0.2, 0) is 19.4 Å². The number of aryl methyl sites for hydroxylation is 1. The van der Waals surface area contributed by atoms with Gasteiger partial charge in [0, 0.05) is 32.0 Å². The molecule has 1 saturated heterocycles. The lowest BCUT2D eigenvalue weighted by Gasteiger charge is -2.31. The average molecular weight is 342 g/mol. The van der Waals surface area contributed by atoms with Crippen LogP contribution in [0.25, 0.3) is 0 Å². The maximum absolute atomic E-state index is 9.90. The Bertz CT molecular complexity index is 730. The van der Waals surface area contributed by atoms with Crippen LogP contribution in [0.1, 0.15) is 42.6 Å². The van der Waals surface area contributed by atoms with Crippen molar-refractivity contribution in [3.05, 3.63) is 29.2 Å². The van der Waals surface area contributed by atoms with E-state index in [1.807, 2.05) is 13.1 Å². The van der Waals surface area contributed by atoms with Gasteiger partial charge in [0.05, 0.1) is 18.3 Å². The number of piperidine rings is 1. The van der Waals surface area contributed by atoms with Crippen molar-refractivity contribution < 1.29 is 5.11 Å². The molecule has 7 heteroatoms. The summed E-state index contributed by atoms with van der Waals surface area (Å²) in [6.45, 7) is 2.29. The van der Waals surface area contributed by atoms with Gasteiger partial charge < -0.3 is 14.9 Å². The van der Waals surface area contributed by atoms with E-state index >= 15 is 0 Å². The van der Waals surface area contributed by atoms with Gasteiger partial charge in [0.25, 0.3) is 0 Å². The molecule has 7 nitrogen and oxygen atoms in total. The van der Waals surface area contributed by atoms with E-state index in [4.69, 9.17) is 4.98 Å². The van der Waals surface area contributed by atoms with E-state index in [0.29, 0.717) is 19.0 Å². The predicted molar refractivity (Wildman–Crippen MR) is 96.8 cm³/mol. The molecule has 2 aromatic heterocycles. The summed E-state index contributed by atoms with van der Waals surface area (Å²) in [5.74, 6) is 1.59. The minimum Gasteiger partial charge on any atom is -0.391 e. The molecule has 2 aliphatic rings. The molecule has 1 aliphatic carbocycles. The molecule has 25 heavy (non-hydrogen) atoms. The highest BCUT2D eigenvalue weighted by atomic mass is 16.3. The van der Waals surface area contributed by atoms with Crippen LogP contribution in [0.3, 0.4) is 0 Å². The summed E-state index contributed by atoms with van der Waals surface area (Å²) in [6.07, 6.45) is 8.12. The van der Waals surface area contributed by atoms with Crippen LogP contribution >= 0.6 is 0 Å². The number of β-amino-alcohol motifs (C(OH)–C–C–N with tert-alkyl or cyclic N) is 1. The molecule has 0 amide bonds. The number of aliphatic hydroxyl groups excluding tert-OH is 1. The minimum absolute atomic E-state index is 0.263. The lowest BCUT2D eigenvalue weighted by Crippen LogP contribution is -2.38. The first kappa shape index (κ1) is 16.3. The molecule has 0 saturated carbocycles.